The molecule has 2 heterocycles. The first-order valence-electron chi connectivity index (χ1n) is 5.78. The van der Waals surface area contributed by atoms with Gasteiger partial charge in [-0.05, 0) is 38.3 Å². The highest BCUT2D eigenvalue weighted by atomic mass is 15.2. The molecule has 1 saturated carbocycles. The van der Waals surface area contributed by atoms with Gasteiger partial charge in [-0.2, -0.15) is 5.10 Å². The van der Waals surface area contributed by atoms with Gasteiger partial charge in [0.25, 0.3) is 0 Å². The molecule has 0 unspecified atom stereocenters. The number of rotatable bonds is 2. The maximum Gasteiger partial charge on any atom is 0.0699 e. The van der Waals surface area contributed by atoms with Crippen LogP contribution in [0.3, 0.4) is 0 Å². The van der Waals surface area contributed by atoms with Crippen molar-refractivity contribution in [1.82, 2.24) is 9.61 Å². The minimum absolute atomic E-state index is 0.749. The molecule has 0 aromatic carbocycles. The Morgan fingerprint density at radius 3 is 2.87 bits per heavy atom. The Morgan fingerprint density at radius 2 is 2.20 bits per heavy atom. The standard InChI is InChI=1S/C13H16N2/c1-3-11-12-6-4-5-9(2)15(12)14-13(11)10-7-8-10/h4-6,10H,3,7-8H2,1-2H3. The summed E-state index contributed by atoms with van der Waals surface area (Å²) in [6, 6.07) is 6.43. The zero-order chi connectivity index (χ0) is 10.4. The largest absolute Gasteiger partial charge is 0.238 e. The summed E-state index contributed by atoms with van der Waals surface area (Å²) in [6.45, 7) is 4.35. The van der Waals surface area contributed by atoms with Crippen molar-refractivity contribution < 1.29 is 0 Å². The average molecular weight is 200 g/mol. The van der Waals surface area contributed by atoms with Crippen molar-refractivity contribution in [2.24, 2.45) is 0 Å². The minimum atomic E-state index is 0.749. The lowest BCUT2D eigenvalue weighted by Crippen LogP contribution is -1.92. The van der Waals surface area contributed by atoms with Crippen LogP contribution in [0.2, 0.25) is 0 Å². The second kappa shape index (κ2) is 3.09. The fraction of sp³-hybridized carbons (Fsp3) is 0.462. The summed E-state index contributed by atoms with van der Waals surface area (Å²) in [5.41, 5.74) is 5.35. The van der Waals surface area contributed by atoms with E-state index in [0.717, 1.165) is 12.3 Å². The fourth-order valence-electron chi connectivity index (χ4n) is 2.32. The molecular formula is C13H16N2. The fourth-order valence-corrected chi connectivity index (χ4v) is 2.32. The van der Waals surface area contributed by atoms with Gasteiger partial charge in [-0.3, -0.25) is 0 Å². The van der Waals surface area contributed by atoms with E-state index >= 15 is 0 Å². The van der Waals surface area contributed by atoms with Crippen LogP contribution in [-0.2, 0) is 6.42 Å². The van der Waals surface area contributed by atoms with Gasteiger partial charge in [0, 0.05) is 17.2 Å². The van der Waals surface area contributed by atoms with Gasteiger partial charge in [-0.15, -0.1) is 0 Å². The van der Waals surface area contributed by atoms with Gasteiger partial charge in [-0.25, -0.2) is 4.52 Å². The molecule has 2 nitrogen and oxygen atoms in total. The van der Waals surface area contributed by atoms with Crippen LogP contribution >= 0.6 is 0 Å². The number of nitrogens with zero attached hydrogens (tertiary/aromatic N) is 2. The van der Waals surface area contributed by atoms with Gasteiger partial charge in [0.15, 0.2) is 0 Å². The summed E-state index contributed by atoms with van der Waals surface area (Å²) in [7, 11) is 0. The summed E-state index contributed by atoms with van der Waals surface area (Å²) in [4.78, 5) is 0. The molecule has 1 fully saturated rings. The van der Waals surface area contributed by atoms with Crippen LogP contribution in [0.4, 0.5) is 0 Å². The Labute approximate surface area is 89.9 Å². The number of aromatic nitrogens is 2. The molecule has 0 amide bonds. The number of hydrogen-bond donors (Lipinski definition) is 0. The number of aryl methyl sites for hydroxylation is 2. The van der Waals surface area contributed by atoms with E-state index in [-0.39, 0.29) is 0 Å². The molecule has 0 saturated heterocycles. The van der Waals surface area contributed by atoms with E-state index in [9.17, 15) is 0 Å². The predicted molar refractivity (Wildman–Crippen MR) is 61.3 cm³/mol. The Bertz CT molecular complexity index is 506. The first-order valence-corrected chi connectivity index (χ1v) is 5.78. The van der Waals surface area contributed by atoms with Gasteiger partial charge in [0.05, 0.1) is 11.2 Å². The zero-order valence-corrected chi connectivity index (χ0v) is 9.33. The van der Waals surface area contributed by atoms with E-state index in [1.165, 1.54) is 35.3 Å². The maximum absolute atomic E-state index is 4.76. The van der Waals surface area contributed by atoms with E-state index in [4.69, 9.17) is 5.10 Å². The third-order valence-electron chi connectivity index (χ3n) is 3.30. The summed E-state index contributed by atoms with van der Waals surface area (Å²) < 4.78 is 2.10. The van der Waals surface area contributed by atoms with Crippen LogP contribution in [0, 0.1) is 6.92 Å². The van der Waals surface area contributed by atoms with Crippen LogP contribution in [-0.4, -0.2) is 9.61 Å². The summed E-state index contributed by atoms with van der Waals surface area (Å²) in [5.74, 6) is 0.749. The summed E-state index contributed by atoms with van der Waals surface area (Å²) >= 11 is 0. The van der Waals surface area contributed by atoms with E-state index in [0.29, 0.717) is 0 Å². The van der Waals surface area contributed by atoms with E-state index in [1.807, 2.05) is 0 Å². The molecule has 78 valence electrons. The molecule has 0 radical (unpaired) electrons. The molecule has 1 aliphatic rings. The molecule has 1 aliphatic carbocycles. The van der Waals surface area contributed by atoms with Crippen molar-refractivity contribution in [2.45, 2.75) is 39.0 Å². The molecule has 2 aromatic rings. The van der Waals surface area contributed by atoms with Gasteiger partial charge < -0.3 is 0 Å². The minimum Gasteiger partial charge on any atom is -0.238 e. The van der Waals surface area contributed by atoms with Crippen molar-refractivity contribution >= 4 is 5.52 Å². The van der Waals surface area contributed by atoms with Crippen LogP contribution in [0.5, 0.6) is 0 Å². The van der Waals surface area contributed by atoms with Gasteiger partial charge in [0.2, 0.25) is 0 Å². The molecule has 0 N–H and O–H groups in total. The van der Waals surface area contributed by atoms with Crippen molar-refractivity contribution in [3.8, 4) is 0 Å². The smallest absolute Gasteiger partial charge is 0.0699 e. The third kappa shape index (κ3) is 1.28. The molecule has 0 bridgehead atoms. The Morgan fingerprint density at radius 1 is 1.40 bits per heavy atom. The van der Waals surface area contributed by atoms with E-state index in [2.05, 4.69) is 36.6 Å². The normalized spacial score (nSPS) is 16.1. The van der Waals surface area contributed by atoms with Crippen LogP contribution in [0.25, 0.3) is 5.52 Å². The van der Waals surface area contributed by atoms with Crippen molar-refractivity contribution in [3.63, 3.8) is 0 Å². The van der Waals surface area contributed by atoms with Gasteiger partial charge in [-0.1, -0.05) is 13.0 Å². The van der Waals surface area contributed by atoms with Gasteiger partial charge in [0.1, 0.15) is 0 Å². The molecule has 0 aliphatic heterocycles. The molecule has 0 atom stereocenters. The Kier molecular flexibility index (Phi) is 1.84. The lowest BCUT2D eigenvalue weighted by molar-refractivity contribution is 0.859. The van der Waals surface area contributed by atoms with E-state index < -0.39 is 0 Å². The van der Waals surface area contributed by atoms with Crippen LogP contribution in [0.15, 0.2) is 18.2 Å². The highest BCUT2D eigenvalue weighted by Gasteiger charge is 2.29. The lowest BCUT2D eigenvalue weighted by atomic mass is 10.1. The van der Waals surface area contributed by atoms with Crippen molar-refractivity contribution in [3.05, 3.63) is 35.2 Å². The summed E-state index contributed by atoms with van der Waals surface area (Å²) in [5, 5.41) is 4.76. The third-order valence-corrected chi connectivity index (χ3v) is 3.30. The number of pyridine rings is 1. The monoisotopic (exact) mass is 200 g/mol. The average Bonchev–Trinajstić information content (AvgIpc) is 3.00. The first-order chi connectivity index (χ1) is 7.31. The van der Waals surface area contributed by atoms with Gasteiger partial charge >= 0.3 is 0 Å². The van der Waals surface area contributed by atoms with E-state index in [1.54, 1.807) is 0 Å². The quantitative estimate of drug-likeness (QED) is 0.728. The zero-order valence-electron chi connectivity index (χ0n) is 9.33. The second-order valence-electron chi connectivity index (χ2n) is 4.46. The number of hydrogen-bond acceptors (Lipinski definition) is 1. The number of fused-ring (bicyclic) bond motifs is 1. The molecule has 2 aromatic heterocycles. The molecule has 2 heteroatoms. The van der Waals surface area contributed by atoms with Crippen LogP contribution in [0.1, 0.15) is 42.6 Å². The predicted octanol–water partition coefficient (Wildman–Crippen LogP) is 3.08. The SMILES string of the molecule is CCc1c(C2CC2)nn2c(C)cccc12. The highest BCUT2D eigenvalue weighted by Crippen LogP contribution is 2.42. The topological polar surface area (TPSA) is 17.3 Å². The Hall–Kier alpha value is -1.31. The Balaban J connectivity index is 2.31. The molecular weight excluding hydrogens is 184 g/mol. The van der Waals surface area contributed by atoms with Crippen molar-refractivity contribution in [2.75, 3.05) is 0 Å². The molecule has 15 heavy (non-hydrogen) atoms. The highest BCUT2D eigenvalue weighted by molar-refractivity contribution is 5.58. The van der Waals surface area contributed by atoms with Crippen molar-refractivity contribution in [1.29, 1.82) is 0 Å². The van der Waals surface area contributed by atoms with Crippen LogP contribution < -0.4 is 0 Å². The summed E-state index contributed by atoms with van der Waals surface area (Å²) in [6.07, 6.45) is 3.75. The molecule has 3 rings (SSSR count). The second-order valence-corrected chi connectivity index (χ2v) is 4.46. The lowest BCUT2D eigenvalue weighted by Gasteiger charge is -1.98. The first kappa shape index (κ1) is 8.96. The molecule has 0 spiro atoms. The maximum atomic E-state index is 4.76.